The van der Waals surface area contributed by atoms with E-state index in [4.69, 9.17) is 17.3 Å². The Morgan fingerprint density at radius 3 is 2.75 bits per heavy atom. The first-order valence-corrected chi connectivity index (χ1v) is 5.26. The third-order valence-corrected chi connectivity index (χ3v) is 2.87. The van der Waals surface area contributed by atoms with E-state index in [1.807, 2.05) is 6.92 Å². The number of allylic oxidation sites excluding steroid dienone is 1. The predicted octanol–water partition coefficient (Wildman–Crippen LogP) is 4.18. The summed E-state index contributed by atoms with van der Waals surface area (Å²) in [4.78, 5) is 0. The molecule has 0 aliphatic carbocycles. The standard InChI is InChI=1S/C12H15ClFN.ClH/c1-3-4-5-10(15)11-9(14)7-6-8(2)12(11)13;/h3,6-7,10H,1,4-5,15H2,2H3;1H/t10-;/m1./s1. The van der Waals surface area contributed by atoms with Crippen LogP contribution in [0.5, 0.6) is 0 Å². The average Bonchev–Trinajstić information content (AvgIpc) is 2.21. The van der Waals surface area contributed by atoms with Crippen molar-refractivity contribution >= 4 is 24.0 Å². The molecule has 0 aromatic heterocycles. The molecule has 0 fully saturated rings. The lowest BCUT2D eigenvalue weighted by Gasteiger charge is -2.15. The highest BCUT2D eigenvalue weighted by atomic mass is 35.5. The normalized spacial score (nSPS) is 11.8. The van der Waals surface area contributed by atoms with Gasteiger partial charge in [-0.15, -0.1) is 19.0 Å². The molecule has 1 nitrogen and oxygen atoms in total. The minimum Gasteiger partial charge on any atom is -0.324 e. The number of hydrogen-bond acceptors (Lipinski definition) is 1. The van der Waals surface area contributed by atoms with Crippen molar-refractivity contribution in [1.29, 1.82) is 0 Å². The van der Waals surface area contributed by atoms with Gasteiger partial charge in [-0.3, -0.25) is 0 Å². The number of benzene rings is 1. The summed E-state index contributed by atoms with van der Waals surface area (Å²) in [5, 5.41) is 0.437. The monoisotopic (exact) mass is 263 g/mol. The minimum absolute atomic E-state index is 0. The smallest absolute Gasteiger partial charge is 0.129 e. The Bertz CT molecular complexity index is 366. The fourth-order valence-corrected chi connectivity index (χ4v) is 1.75. The van der Waals surface area contributed by atoms with Crippen molar-refractivity contribution in [1.82, 2.24) is 0 Å². The Hall–Kier alpha value is -0.570. The molecule has 0 saturated carbocycles. The van der Waals surface area contributed by atoms with Gasteiger partial charge in [-0.05, 0) is 31.4 Å². The van der Waals surface area contributed by atoms with Crippen molar-refractivity contribution < 1.29 is 4.39 Å². The molecule has 90 valence electrons. The lowest BCUT2D eigenvalue weighted by molar-refractivity contribution is 0.566. The van der Waals surface area contributed by atoms with Crippen LogP contribution in [0, 0.1) is 12.7 Å². The molecular formula is C12H16Cl2FN. The summed E-state index contributed by atoms with van der Waals surface area (Å²) in [7, 11) is 0. The predicted molar refractivity (Wildman–Crippen MR) is 69.8 cm³/mol. The van der Waals surface area contributed by atoms with Crippen LogP contribution in [-0.2, 0) is 0 Å². The van der Waals surface area contributed by atoms with Gasteiger partial charge < -0.3 is 5.73 Å². The summed E-state index contributed by atoms with van der Waals surface area (Å²) in [6.45, 7) is 5.45. The molecule has 0 saturated heterocycles. The van der Waals surface area contributed by atoms with Crippen LogP contribution < -0.4 is 5.73 Å². The zero-order chi connectivity index (χ0) is 11.4. The Morgan fingerprint density at radius 2 is 2.19 bits per heavy atom. The van der Waals surface area contributed by atoms with Crippen LogP contribution in [0.4, 0.5) is 4.39 Å². The lowest BCUT2D eigenvalue weighted by Crippen LogP contribution is -2.13. The van der Waals surface area contributed by atoms with E-state index in [9.17, 15) is 4.39 Å². The third kappa shape index (κ3) is 3.48. The van der Waals surface area contributed by atoms with Crippen molar-refractivity contribution in [2.24, 2.45) is 5.73 Å². The van der Waals surface area contributed by atoms with Crippen molar-refractivity contribution in [3.63, 3.8) is 0 Å². The van der Waals surface area contributed by atoms with Gasteiger partial charge in [-0.25, -0.2) is 4.39 Å². The molecule has 0 unspecified atom stereocenters. The zero-order valence-electron chi connectivity index (χ0n) is 9.17. The van der Waals surface area contributed by atoms with Gasteiger partial charge in [-0.1, -0.05) is 23.7 Å². The Balaban J connectivity index is 0.00000225. The highest BCUT2D eigenvalue weighted by Crippen LogP contribution is 2.29. The SMILES string of the molecule is C=CCC[C@@H](N)c1c(F)ccc(C)c1Cl.Cl. The van der Waals surface area contributed by atoms with E-state index in [2.05, 4.69) is 6.58 Å². The molecule has 0 bridgehead atoms. The van der Waals surface area contributed by atoms with Gasteiger partial charge in [0.2, 0.25) is 0 Å². The summed E-state index contributed by atoms with van der Waals surface area (Å²) in [5.74, 6) is -0.331. The van der Waals surface area contributed by atoms with Gasteiger partial charge in [0.15, 0.2) is 0 Å². The molecule has 0 aliphatic heterocycles. The second-order valence-electron chi connectivity index (χ2n) is 3.56. The first-order valence-electron chi connectivity index (χ1n) is 4.89. The van der Waals surface area contributed by atoms with E-state index in [-0.39, 0.29) is 24.3 Å². The van der Waals surface area contributed by atoms with Crippen molar-refractivity contribution in [3.05, 3.63) is 46.8 Å². The molecule has 0 spiro atoms. The molecular weight excluding hydrogens is 248 g/mol. The van der Waals surface area contributed by atoms with Gasteiger partial charge in [0, 0.05) is 11.6 Å². The number of aryl methyl sites for hydroxylation is 1. The number of rotatable bonds is 4. The van der Waals surface area contributed by atoms with Crippen LogP contribution in [0.15, 0.2) is 24.8 Å². The van der Waals surface area contributed by atoms with Crippen LogP contribution >= 0.6 is 24.0 Å². The molecule has 16 heavy (non-hydrogen) atoms. The van der Waals surface area contributed by atoms with Gasteiger partial charge >= 0.3 is 0 Å². The summed E-state index contributed by atoms with van der Waals surface area (Å²) < 4.78 is 13.5. The second kappa shape index (κ2) is 6.89. The quantitative estimate of drug-likeness (QED) is 0.811. The Labute approximate surface area is 107 Å². The fourth-order valence-electron chi connectivity index (χ4n) is 1.46. The minimum atomic E-state index is -0.365. The molecule has 1 aromatic rings. The number of nitrogens with two attached hydrogens (primary N) is 1. The molecule has 2 N–H and O–H groups in total. The van der Waals surface area contributed by atoms with Crippen LogP contribution in [0.25, 0.3) is 0 Å². The first kappa shape index (κ1) is 15.4. The summed E-state index contributed by atoms with van der Waals surface area (Å²) in [6.07, 6.45) is 3.18. The maximum absolute atomic E-state index is 13.5. The second-order valence-corrected chi connectivity index (χ2v) is 3.94. The topological polar surface area (TPSA) is 26.0 Å². The van der Waals surface area contributed by atoms with Crippen molar-refractivity contribution in [3.8, 4) is 0 Å². The Kier molecular flexibility index (Phi) is 6.65. The van der Waals surface area contributed by atoms with E-state index in [0.717, 1.165) is 12.0 Å². The van der Waals surface area contributed by atoms with Crippen LogP contribution in [-0.4, -0.2) is 0 Å². The zero-order valence-corrected chi connectivity index (χ0v) is 10.7. The maximum Gasteiger partial charge on any atom is 0.129 e. The molecule has 4 heteroatoms. The number of halogens is 3. The summed E-state index contributed by atoms with van der Waals surface area (Å²) in [6, 6.07) is 2.70. The average molecular weight is 264 g/mol. The molecule has 0 amide bonds. The highest BCUT2D eigenvalue weighted by molar-refractivity contribution is 6.32. The molecule has 1 atom stereocenters. The van der Waals surface area contributed by atoms with E-state index >= 15 is 0 Å². The van der Waals surface area contributed by atoms with E-state index in [1.54, 1.807) is 12.1 Å². The van der Waals surface area contributed by atoms with E-state index in [0.29, 0.717) is 17.0 Å². The summed E-state index contributed by atoms with van der Waals surface area (Å²) >= 11 is 6.03. The summed E-state index contributed by atoms with van der Waals surface area (Å²) in [5.41, 5.74) is 7.14. The maximum atomic E-state index is 13.5. The number of hydrogen-bond donors (Lipinski definition) is 1. The van der Waals surface area contributed by atoms with Gasteiger partial charge in [-0.2, -0.15) is 0 Å². The van der Waals surface area contributed by atoms with Crippen LogP contribution in [0.3, 0.4) is 0 Å². The lowest BCUT2D eigenvalue weighted by atomic mass is 10.00. The van der Waals surface area contributed by atoms with Crippen LogP contribution in [0.2, 0.25) is 5.02 Å². The van der Waals surface area contributed by atoms with Gasteiger partial charge in [0.05, 0.1) is 5.02 Å². The third-order valence-electron chi connectivity index (χ3n) is 2.37. The largest absolute Gasteiger partial charge is 0.324 e. The van der Waals surface area contributed by atoms with Crippen molar-refractivity contribution in [2.45, 2.75) is 25.8 Å². The van der Waals surface area contributed by atoms with Crippen molar-refractivity contribution in [2.75, 3.05) is 0 Å². The van der Waals surface area contributed by atoms with E-state index in [1.165, 1.54) is 6.07 Å². The molecule has 1 aromatic carbocycles. The van der Waals surface area contributed by atoms with Gasteiger partial charge in [0.1, 0.15) is 5.82 Å². The van der Waals surface area contributed by atoms with E-state index < -0.39 is 0 Å². The van der Waals surface area contributed by atoms with Gasteiger partial charge in [0.25, 0.3) is 0 Å². The molecule has 0 heterocycles. The van der Waals surface area contributed by atoms with Crippen LogP contribution in [0.1, 0.15) is 30.0 Å². The molecule has 0 aliphatic rings. The fraction of sp³-hybridized carbons (Fsp3) is 0.333. The first-order chi connectivity index (χ1) is 7.07. The molecule has 1 rings (SSSR count). The Morgan fingerprint density at radius 1 is 1.56 bits per heavy atom. The molecule has 0 radical (unpaired) electrons. The highest BCUT2D eigenvalue weighted by Gasteiger charge is 2.16.